The molecule has 0 radical (unpaired) electrons. The van der Waals surface area contributed by atoms with E-state index in [1.165, 1.54) is 16.7 Å². The number of nitrogens with two attached hydrogens (primary N) is 2. The number of carbonyl (C=O) groups excluding carboxylic acids is 3. The topological polar surface area (TPSA) is 191 Å². The van der Waals surface area contributed by atoms with E-state index >= 15 is 0 Å². The molecule has 300 valence electrons. The molecular formula is C42H49ClN8O4S2. The molecule has 1 aliphatic rings. The number of unbranched alkanes of at least 4 members (excludes halogenated alkanes) is 1. The van der Waals surface area contributed by atoms with Crippen LogP contribution in [0.1, 0.15) is 48.8 Å². The Hall–Kier alpha value is -4.41. The number of nitrogens with one attached hydrogen (secondary N) is 4. The molecule has 3 amide bonds. The number of para-hydroxylation sites is 1. The van der Waals surface area contributed by atoms with Crippen LogP contribution in [0.4, 0.5) is 0 Å². The summed E-state index contributed by atoms with van der Waals surface area (Å²) in [6, 6.07) is 20.3. The molecule has 0 aliphatic carbocycles. The molecule has 0 saturated heterocycles. The number of hydrogen-bond donors (Lipinski definition) is 7. The van der Waals surface area contributed by atoms with E-state index in [0.29, 0.717) is 83.6 Å². The van der Waals surface area contributed by atoms with Crippen LogP contribution in [0.15, 0.2) is 100 Å². The third-order valence-corrected chi connectivity index (χ3v) is 12.4. The molecular weight excluding hydrogens is 780 g/mol. The van der Waals surface area contributed by atoms with E-state index in [-0.39, 0.29) is 30.7 Å². The number of benzene rings is 3. The van der Waals surface area contributed by atoms with Crippen molar-refractivity contribution in [1.29, 1.82) is 0 Å². The Bertz CT molecular complexity index is 2170. The average molecular weight is 829 g/mol. The SMILES string of the molecule is CN1C(=O)C(CCCCN)NC(=O)C(CCCN)NCc2cccnc2Sc2c(Cl)ccc(-c3ccc(SO)cc3)c2CNC(=O)C1Cc1c[nH]c2ccccc12. The van der Waals surface area contributed by atoms with Gasteiger partial charge in [0, 0.05) is 71.7 Å². The van der Waals surface area contributed by atoms with Gasteiger partial charge in [-0.15, -0.1) is 0 Å². The summed E-state index contributed by atoms with van der Waals surface area (Å²) in [5.41, 5.74) is 16.8. The minimum absolute atomic E-state index is 0.0816. The number of H-pyrrole nitrogens is 1. The zero-order chi connectivity index (χ0) is 40.3. The van der Waals surface area contributed by atoms with E-state index in [2.05, 4.69) is 20.9 Å². The van der Waals surface area contributed by atoms with Crippen molar-refractivity contribution in [3.8, 4) is 11.1 Å². The molecule has 9 N–H and O–H groups in total. The molecule has 0 saturated carbocycles. The first kappa shape index (κ1) is 42.2. The molecule has 0 bridgehead atoms. The first-order valence-corrected chi connectivity index (χ1v) is 21.1. The van der Waals surface area contributed by atoms with Crippen LogP contribution < -0.4 is 27.4 Å². The highest BCUT2D eigenvalue weighted by Crippen LogP contribution is 2.41. The molecule has 12 nitrogen and oxygen atoms in total. The molecule has 0 fully saturated rings. The van der Waals surface area contributed by atoms with Gasteiger partial charge in [0.05, 0.1) is 11.1 Å². The third-order valence-electron chi connectivity index (χ3n) is 10.3. The zero-order valence-corrected chi connectivity index (χ0v) is 34.2. The lowest BCUT2D eigenvalue weighted by Crippen LogP contribution is -2.57. The van der Waals surface area contributed by atoms with Gasteiger partial charge in [0.1, 0.15) is 17.1 Å². The second-order valence-electron chi connectivity index (χ2n) is 14.0. The highest BCUT2D eigenvalue weighted by Gasteiger charge is 2.34. The van der Waals surface area contributed by atoms with Crippen molar-refractivity contribution >= 4 is 64.0 Å². The maximum Gasteiger partial charge on any atom is 0.245 e. The van der Waals surface area contributed by atoms with Gasteiger partial charge in [-0.3, -0.25) is 14.4 Å². The molecule has 3 atom stereocenters. The Kier molecular flexibility index (Phi) is 15.1. The predicted octanol–water partition coefficient (Wildman–Crippen LogP) is 6.11. The summed E-state index contributed by atoms with van der Waals surface area (Å²) in [7, 11) is 1.62. The number of rotatable bonds is 11. The van der Waals surface area contributed by atoms with Crippen molar-refractivity contribution in [2.75, 3.05) is 20.1 Å². The van der Waals surface area contributed by atoms with Gasteiger partial charge in [-0.25, -0.2) is 4.98 Å². The number of halogens is 1. The van der Waals surface area contributed by atoms with Gasteiger partial charge in [-0.2, -0.15) is 0 Å². The molecule has 2 aromatic heterocycles. The lowest BCUT2D eigenvalue weighted by atomic mass is 9.98. The van der Waals surface area contributed by atoms with Gasteiger partial charge < -0.3 is 41.9 Å². The number of likely N-dealkylation sites (N-methyl/N-ethyl adjacent to an activating group) is 1. The molecule has 3 aromatic carbocycles. The van der Waals surface area contributed by atoms with Gasteiger partial charge in [0.25, 0.3) is 0 Å². The van der Waals surface area contributed by atoms with Crippen molar-refractivity contribution in [2.24, 2.45) is 11.5 Å². The third kappa shape index (κ3) is 10.4. The van der Waals surface area contributed by atoms with Gasteiger partial charge in [0.2, 0.25) is 17.7 Å². The van der Waals surface area contributed by atoms with Crippen molar-refractivity contribution in [3.05, 3.63) is 107 Å². The van der Waals surface area contributed by atoms with Crippen LogP contribution in [0.25, 0.3) is 22.0 Å². The zero-order valence-electron chi connectivity index (χ0n) is 31.8. The number of nitrogens with zero attached hydrogens (tertiary/aromatic N) is 2. The van der Waals surface area contributed by atoms with Crippen LogP contribution in [0.2, 0.25) is 5.02 Å². The number of aromatic amines is 1. The second kappa shape index (κ2) is 20.3. The fourth-order valence-electron chi connectivity index (χ4n) is 7.11. The summed E-state index contributed by atoms with van der Waals surface area (Å²) >= 11 is 9.07. The average Bonchev–Trinajstić information content (AvgIpc) is 3.64. The Morgan fingerprint density at radius 1 is 0.912 bits per heavy atom. The number of carbonyl (C=O) groups is 3. The molecule has 6 rings (SSSR count). The summed E-state index contributed by atoms with van der Waals surface area (Å²) in [6.07, 6.45) is 6.45. The summed E-state index contributed by atoms with van der Waals surface area (Å²) in [6.45, 7) is 1.23. The highest BCUT2D eigenvalue weighted by molar-refractivity contribution is 7.99. The minimum atomic E-state index is -0.950. The number of pyridine rings is 1. The van der Waals surface area contributed by atoms with Crippen LogP contribution in [0.5, 0.6) is 0 Å². The van der Waals surface area contributed by atoms with Crippen LogP contribution in [0, 0.1) is 0 Å². The summed E-state index contributed by atoms with van der Waals surface area (Å²) in [5, 5.41) is 11.7. The first-order chi connectivity index (χ1) is 27.7. The number of amides is 3. The van der Waals surface area contributed by atoms with Crippen LogP contribution in [0.3, 0.4) is 0 Å². The molecule has 1 aliphatic heterocycles. The summed E-state index contributed by atoms with van der Waals surface area (Å²) in [4.78, 5) is 54.3. The van der Waals surface area contributed by atoms with Crippen LogP contribution in [-0.2, 0) is 33.9 Å². The molecule has 57 heavy (non-hydrogen) atoms. The Labute approximate surface area is 346 Å². The van der Waals surface area contributed by atoms with Gasteiger partial charge in [-0.05, 0) is 103 Å². The van der Waals surface area contributed by atoms with Crippen molar-refractivity contribution in [2.45, 2.75) is 84.6 Å². The second-order valence-corrected chi connectivity index (χ2v) is 16.1. The Morgan fingerprint density at radius 2 is 1.68 bits per heavy atom. The van der Waals surface area contributed by atoms with Crippen molar-refractivity contribution in [3.63, 3.8) is 0 Å². The van der Waals surface area contributed by atoms with E-state index < -0.39 is 18.1 Å². The van der Waals surface area contributed by atoms with E-state index in [4.69, 9.17) is 28.1 Å². The predicted molar refractivity (Wildman–Crippen MR) is 228 cm³/mol. The standard InChI is InChI=1S/C42H49ClN8O4S2/c1-51-37(22-28-24-47-34-10-3-2-9-31(28)34)40(53)49-25-32-30(26-13-15-29(57-55)16-14-26)17-18-33(43)38(32)56-41-27(8-7-21-46-41)23-48-35(12-6-20-45)39(52)50-36(42(51)54)11-4-5-19-44/h2-3,7-10,13-18,21,24,35-37,47-48,55H,4-6,11-12,19-20,22-23,25,44-45H2,1H3,(H,49,53)(H,50,52). The van der Waals surface area contributed by atoms with Gasteiger partial charge in [0.15, 0.2) is 0 Å². The largest absolute Gasteiger partial charge is 0.361 e. The lowest BCUT2D eigenvalue weighted by Gasteiger charge is -2.32. The molecule has 3 unspecified atom stereocenters. The molecule has 0 spiro atoms. The van der Waals surface area contributed by atoms with Crippen molar-refractivity contribution in [1.82, 2.24) is 30.8 Å². The quantitative estimate of drug-likeness (QED) is 0.0604. The van der Waals surface area contributed by atoms with E-state index in [1.54, 1.807) is 13.2 Å². The number of aromatic nitrogens is 2. The number of fused-ring (bicyclic) bond motifs is 3. The van der Waals surface area contributed by atoms with Gasteiger partial charge in [-0.1, -0.05) is 65.8 Å². The summed E-state index contributed by atoms with van der Waals surface area (Å²) in [5.74, 6) is -1.08. The maximum absolute atomic E-state index is 14.7. The summed E-state index contributed by atoms with van der Waals surface area (Å²) < 4.78 is 9.66. The van der Waals surface area contributed by atoms with Crippen LogP contribution >= 0.6 is 35.4 Å². The highest BCUT2D eigenvalue weighted by atomic mass is 35.5. The maximum atomic E-state index is 14.7. The normalized spacial score (nSPS) is 18.4. The first-order valence-electron chi connectivity index (χ1n) is 19.1. The fraction of sp³-hybridized carbons (Fsp3) is 0.333. The fourth-order valence-corrected chi connectivity index (χ4v) is 8.71. The lowest BCUT2D eigenvalue weighted by molar-refractivity contribution is -0.142. The van der Waals surface area contributed by atoms with Gasteiger partial charge >= 0.3 is 0 Å². The molecule has 5 aromatic rings. The smallest absolute Gasteiger partial charge is 0.245 e. The van der Waals surface area contributed by atoms with Crippen LogP contribution in [-0.4, -0.2) is 75.4 Å². The van der Waals surface area contributed by atoms with E-state index in [0.717, 1.165) is 38.7 Å². The van der Waals surface area contributed by atoms with E-state index in [1.807, 2.05) is 79.0 Å². The molecule has 3 heterocycles. The monoisotopic (exact) mass is 828 g/mol. The number of hydrogen-bond acceptors (Lipinski definition) is 10. The van der Waals surface area contributed by atoms with Crippen molar-refractivity contribution < 1.29 is 18.9 Å². The Balaban J connectivity index is 1.47. The minimum Gasteiger partial charge on any atom is -0.361 e. The Morgan fingerprint density at radius 3 is 2.46 bits per heavy atom. The molecule has 15 heteroatoms. The van der Waals surface area contributed by atoms with E-state index in [9.17, 15) is 18.9 Å².